The maximum Gasteiger partial charge on any atom is 0.331 e. The molecule has 6 heteroatoms. The van der Waals surface area contributed by atoms with Crippen LogP contribution in [0.1, 0.15) is 30.5 Å². The molecular formula is C22H26N4O2. The fraction of sp³-hybridized carbons (Fsp3) is 0.364. The normalized spacial score (nSPS) is 15.0. The molecule has 6 nitrogen and oxygen atoms in total. The molecule has 3 heterocycles. The van der Waals surface area contributed by atoms with Crippen molar-refractivity contribution in [3.05, 3.63) is 70.4 Å². The van der Waals surface area contributed by atoms with Crippen molar-refractivity contribution >= 4 is 0 Å². The van der Waals surface area contributed by atoms with E-state index >= 15 is 0 Å². The summed E-state index contributed by atoms with van der Waals surface area (Å²) in [6.07, 6.45) is 5.36. The number of piperidine rings is 1. The van der Waals surface area contributed by atoms with Crippen LogP contribution in [0.2, 0.25) is 0 Å². The van der Waals surface area contributed by atoms with Crippen molar-refractivity contribution in [1.82, 2.24) is 19.0 Å². The summed E-state index contributed by atoms with van der Waals surface area (Å²) in [7, 11) is 1.56. The maximum absolute atomic E-state index is 12.0. The van der Waals surface area contributed by atoms with E-state index in [1.165, 1.54) is 34.6 Å². The molecule has 1 aromatic carbocycles. The number of aromatic hydroxyl groups is 1. The minimum atomic E-state index is -0.228. The first-order valence-electron chi connectivity index (χ1n) is 9.83. The molecule has 146 valence electrons. The van der Waals surface area contributed by atoms with Crippen molar-refractivity contribution in [2.45, 2.75) is 32.4 Å². The largest absolute Gasteiger partial charge is 0.493 e. The van der Waals surface area contributed by atoms with E-state index in [1.807, 2.05) is 30.3 Å². The standard InChI is InChI=1S/C22H26N4O2/c1-24-21(27)16-26(22(24)28)14-17-8-10-18(11-9-17)20-7-5-6-19(23-20)15-25-12-3-2-4-13-25/h5-11,16,27H,2-4,12-15H2,1H3. The van der Waals surface area contributed by atoms with Crippen molar-refractivity contribution in [2.75, 3.05) is 13.1 Å². The third kappa shape index (κ3) is 4.02. The van der Waals surface area contributed by atoms with Gasteiger partial charge in [0.25, 0.3) is 0 Å². The van der Waals surface area contributed by atoms with E-state index in [2.05, 4.69) is 17.0 Å². The van der Waals surface area contributed by atoms with Gasteiger partial charge in [-0.15, -0.1) is 0 Å². The van der Waals surface area contributed by atoms with Crippen molar-refractivity contribution in [3.8, 4) is 17.1 Å². The first-order valence-corrected chi connectivity index (χ1v) is 9.83. The zero-order valence-electron chi connectivity index (χ0n) is 16.2. The zero-order valence-corrected chi connectivity index (χ0v) is 16.2. The molecule has 0 unspecified atom stereocenters. The van der Waals surface area contributed by atoms with Gasteiger partial charge in [0, 0.05) is 19.2 Å². The number of hydrogen-bond acceptors (Lipinski definition) is 4. The number of hydrogen-bond donors (Lipinski definition) is 1. The first kappa shape index (κ1) is 18.5. The van der Waals surface area contributed by atoms with Crippen molar-refractivity contribution < 1.29 is 5.11 Å². The maximum atomic E-state index is 12.0. The highest BCUT2D eigenvalue weighted by Crippen LogP contribution is 2.20. The quantitative estimate of drug-likeness (QED) is 0.741. The molecule has 0 bridgehead atoms. The number of rotatable bonds is 5. The molecule has 0 aliphatic carbocycles. The molecule has 1 N–H and O–H groups in total. The fourth-order valence-electron chi connectivity index (χ4n) is 3.74. The molecule has 0 saturated carbocycles. The molecule has 1 aliphatic rings. The summed E-state index contributed by atoms with van der Waals surface area (Å²) in [5.74, 6) is -0.0312. The number of benzene rings is 1. The van der Waals surface area contributed by atoms with Crippen LogP contribution in [0.3, 0.4) is 0 Å². The monoisotopic (exact) mass is 378 g/mol. The highest BCUT2D eigenvalue weighted by molar-refractivity contribution is 5.59. The Labute approximate surface area is 164 Å². The average Bonchev–Trinajstić information content (AvgIpc) is 2.96. The molecule has 1 aliphatic heterocycles. The Morgan fingerprint density at radius 1 is 1.00 bits per heavy atom. The summed E-state index contributed by atoms with van der Waals surface area (Å²) in [6, 6.07) is 14.3. The van der Waals surface area contributed by atoms with Crippen LogP contribution in [0, 0.1) is 0 Å². The third-order valence-electron chi connectivity index (χ3n) is 5.39. The van der Waals surface area contributed by atoms with Crippen LogP contribution in [0.25, 0.3) is 11.3 Å². The number of nitrogens with zero attached hydrogens (tertiary/aromatic N) is 4. The molecule has 1 saturated heterocycles. The Morgan fingerprint density at radius 3 is 2.43 bits per heavy atom. The summed E-state index contributed by atoms with van der Waals surface area (Å²) < 4.78 is 2.73. The third-order valence-corrected chi connectivity index (χ3v) is 5.39. The van der Waals surface area contributed by atoms with Crippen LogP contribution < -0.4 is 5.69 Å². The second kappa shape index (κ2) is 8.02. The Balaban J connectivity index is 1.48. The molecule has 0 atom stereocenters. The summed E-state index contributed by atoms with van der Waals surface area (Å²) in [6.45, 7) is 3.66. The van der Waals surface area contributed by atoms with Crippen LogP contribution in [-0.2, 0) is 20.1 Å². The lowest BCUT2D eigenvalue weighted by Crippen LogP contribution is -2.29. The lowest BCUT2D eigenvalue weighted by molar-refractivity contribution is 0.218. The molecule has 3 aromatic rings. The van der Waals surface area contributed by atoms with Gasteiger partial charge in [-0.05, 0) is 43.6 Å². The van der Waals surface area contributed by atoms with E-state index in [9.17, 15) is 9.90 Å². The average molecular weight is 378 g/mol. The number of likely N-dealkylation sites (tertiary alicyclic amines) is 1. The highest BCUT2D eigenvalue weighted by atomic mass is 16.3. The number of pyridine rings is 1. The smallest absolute Gasteiger partial charge is 0.331 e. The van der Waals surface area contributed by atoms with Gasteiger partial charge in [-0.3, -0.25) is 19.0 Å². The Morgan fingerprint density at radius 2 is 1.75 bits per heavy atom. The van der Waals surface area contributed by atoms with Gasteiger partial charge in [-0.2, -0.15) is 0 Å². The lowest BCUT2D eigenvalue weighted by Gasteiger charge is -2.26. The molecule has 2 aromatic heterocycles. The number of aromatic nitrogens is 3. The van der Waals surface area contributed by atoms with Gasteiger partial charge < -0.3 is 5.11 Å². The van der Waals surface area contributed by atoms with E-state index in [0.717, 1.165) is 42.1 Å². The van der Waals surface area contributed by atoms with Crippen LogP contribution in [0.5, 0.6) is 5.88 Å². The van der Waals surface area contributed by atoms with Gasteiger partial charge >= 0.3 is 5.69 Å². The van der Waals surface area contributed by atoms with Crippen molar-refractivity contribution in [2.24, 2.45) is 7.05 Å². The molecular weight excluding hydrogens is 352 g/mol. The highest BCUT2D eigenvalue weighted by Gasteiger charge is 2.12. The van der Waals surface area contributed by atoms with E-state index in [4.69, 9.17) is 4.98 Å². The summed E-state index contributed by atoms with van der Waals surface area (Å²) in [5, 5.41) is 9.67. The molecule has 0 spiro atoms. The number of imidazole rings is 1. The predicted molar refractivity (Wildman–Crippen MR) is 109 cm³/mol. The van der Waals surface area contributed by atoms with Crippen LogP contribution in [0.15, 0.2) is 53.5 Å². The second-order valence-corrected chi connectivity index (χ2v) is 7.50. The fourth-order valence-corrected chi connectivity index (χ4v) is 3.74. The van der Waals surface area contributed by atoms with Crippen molar-refractivity contribution in [3.63, 3.8) is 0 Å². The molecule has 0 amide bonds. The lowest BCUT2D eigenvalue weighted by atomic mass is 10.1. The Bertz CT molecular complexity index is 998. The second-order valence-electron chi connectivity index (χ2n) is 7.50. The van der Waals surface area contributed by atoms with E-state index in [0.29, 0.717) is 6.54 Å². The zero-order chi connectivity index (χ0) is 19.5. The van der Waals surface area contributed by atoms with E-state index in [-0.39, 0.29) is 11.6 Å². The van der Waals surface area contributed by atoms with E-state index < -0.39 is 0 Å². The van der Waals surface area contributed by atoms with Crippen LogP contribution in [0.4, 0.5) is 0 Å². The van der Waals surface area contributed by atoms with Crippen molar-refractivity contribution in [1.29, 1.82) is 0 Å². The van der Waals surface area contributed by atoms with Crippen LogP contribution in [-0.4, -0.2) is 37.2 Å². The Kier molecular flexibility index (Phi) is 5.30. The van der Waals surface area contributed by atoms with Gasteiger partial charge in [0.05, 0.1) is 24.1 Å². The predicted octanol–water partition coefficient (Wildman–Crippen LogP) is 2.99. The minimum Gasteiger partial charge on any atom is -0.493 e. The molecule has 4 rings (SSSR count). The van der Waals surface area contributed by atoms with E-state index in [1.54, 1.807) is 7.05 Å². The SMILES string of the molecule is Cn1c(O)cn(Cc2ccc(-c3cccc(CN4CCCCC4)n3)cc2)c1=O. The van der Waals surface area contributed by atoms with Gasteiger partial charge in [0.1, 0.15) is 0 Å². The molecule has 1 fully saturated rings. The van der Waals surface area contributed by atoms with Gasteiger partial charge in [0.15, 0.2) is 0 Å². The van der Waals surface area contributed by atoms with Gasteiger partial charge in [0.2, 0.25) is 5.88 Å². The molecule has 0 radical (unpaired) electrons. The topological polar surface area (TPSA) is 63.3 Å². The van der Waals surface area contributed by atoms with Gasteiger partial charge in [-0.25, -0.2) is 4.79 Å². The minimum absolute atomic E-state index is 0.0312. The Hall–Kier alpha value is -2.86. The summed E-state index contributed by atoms with van der Waals surface area (Å²) in [4.78, 5) is 19.4. The first-order chi connectivity index (χ1) is 13.6. The summed E-state index contributed by atoms with van der Waals surface area (Å²) >= 11 is 0. The molecule has 28 heavy (non-hydrogen) atoms. The van der Waals surface area contributed by atoms with Gasteiger partial charge in [-0.1, -0.05) is 36.8 Å². The summed E-state index contributed by atoms with van der Waals surface area (Å²) in [5.41, 5.74) is 3.91. The van der Waals surface area contributed by atoms with Crippen LogP contribution >= 0.6 is 0 Å².